The van der Waals surface area contributed by atoms with E-state index < -0.39 is 35.2 Å². The van der Waals surface area contributed by atoms with Crippen molar-refractivity contribution < 1.29 is 29.0 Å². The minimum atomic E-state index is -1.33. The van der Waals surface area contributed by atoms with Crippen molar-refractivity contribution >= 4 is 80.8 Å². The van der Waals surface area contributed by atoms with Gasteiger partial charge in [0.05, 0.1) is 11.3 Å². The number of nitrogen functional groups attached to an aromatic ring is 1. The van der Waals surface area contributed by atoms with Crippen molar-refractivity contribution in [1.82, 2.24) is 15.2 Å². The minimum absolute atomic E-state index is 0.150. The third kappa shape index (κ3) is 4.26. The fraction of sp³-hybridized carbons (Fsp3) is 0.312. The quantitative estimate of drug-likeness (QED) is 0.301. The van der Waals surface area contributed by atoms with Gasteiger partial charge in [-0.3, -0.25) is 19.3 Å². The predicted molar refractivity (Wildman–Crippen MR) is 111 cm³/mol. The maximum Gasteiger partial charge on any atom is 0.352 e. The van der Waals surface area contributed by atoms with Crippen LogP contribution in [0, 0.1) is 0 Å². The standard InChI is InChI=1S/C16H14Cl2N4O6S2/c1-5(23)28-2-6-3-29-14-9(13(25)22(14)10(6)15(26)27)21-12(24)8(11(17)18)7-4-30-16(19)20-7/h4,9,14H,2-3H2,1H3,(H2,19,20)(H,21,24)(H,26,27)/t9?,14-/m1/s1. The number of carbonyl (C=O) groups excluding carboxylic acids is 3. The number of halogens is 2. The summed E-state index contributed by atoms with van der Waals surface area (Å²) in [6.07, 6.45) is 0. The highest BCUT2D eigenvalue weighted by molar-refractivity contribution is 8.00. The van der Waals surface area contributed by atoms with Crippen LogP contribution in [0.25, 0.3) is 5.57 Å². The van der Waals surface area contributed by atoms with Gasteiger partial charge < -0.3 is 20.9 Å². The summed E-state index contributed by atoms with van der Waals surface area (Å²) in [5, 5.41) is 13.1. The highest BCUT2D eigenvalue weighted by atomic mass is 35.5. The Morgan fingerprint density at radius 1 is 1.43 bits per heavy atom. The molecule has 3 rings (SSSR count). The molecule has 10 nitrogen and oxygen atoms in total. The number of aromatic nitrogens is 1. The third-order valence-electron chi connectivity index (χ3n) is 4.18. The number of thioether (sulfide) groups is 1. The Hall–Kier alpha value is -2.28. The zero-order valence-corrected chi connectivity index (χ0v) is 18.3. The number of hydrogen-bond donors (Lipinski definition) is 3. The molecule has 0 aromatic carbocycles. The molecule has 1 unspecified atom stereocenters. The number of anilines is 1. The van der Waals surface area contributed by atoms with Crippen molar-refractivity contribution in [3.63, 3.8) is 0 Å². The SMILES string of the molecule is CC(=O)OCC1=C(C(=O)O)N2C(=O)C(NC(=O)C(=C(Cl)Cl)c3csc(N)n3)[C@H]2SC1. The van der Waals surface area contributed by atoms with Crippen LogP contribution in [0.15, 0.2) is 21.1 Å². The second-order valence-corrected chi connectivity index (χ2v) is 9.05. The van der Waals surface area contributed by atoms with Gasteiger partial charge in [-0.15, -0.1) is 23.1 Å². The Labute approximate surface area is 188 Å². The molecule has 2 aliphatic heterocycles. The number of amides is 2. The fourth-order valence-electron chi connectivity index (χ4n) is 2.90. The number of hydrogen-bond acceptors (Lipinski definition) is 9. The van der Waals surface area contributed by atoms with Crippen LogP contribution in [0.5, 0.6) is 0 Å². The van der Waals surface area contributed by atoms with Crippen molar-refractivity contribution in [3.8, 4) is 0 Å². The summed E-state index contributed by atoms with van der Waals surface area (Å²) in [7, 11) is 0. The van der Waals surface area contributed by atoms with Crippen LogP contribution in [-0.2, 0) is 23.9 Å². The van der Waals surface area contributed by atoms with E-state index in [-0.39, 0.29) is 38.9 Å². The molecule has 30 heavy (non-hydrogen) atoms. The van der Waals surface area contributed by atoms with E-state index in [4.69, 9.17) is 33.7 Å². The number of aliphatic carboxylic acids is 1. The number of nitrogens with one attached hydrogen (secondary N) is 1. The van der Waals surface area contributed by atoms with Crippen molar-refractivity contribution in [1.29, 1.82) is 0 Å². The molecule has 160 valence electrons. The van der Waals surface area contributed by atoms with E-state index in [1.807, 2.05) is 0 Å². The number of thiazole rings is 1. The van der Waals surface area contributed by atoms with Gasteiger partial charge in [-0.2, -0.15) is 0 Å². The van der Waals surface area contributed by atoms with E-state index >= 15 is 0 Å². The van der Waals surface area contributed by atoms with Gasteiger partial charge in [-0.1, -0.05) is 23.2 Å². The normalized spacial score (nSPS) is 20.2. The van der Waals surface area contributed by atoms with Gasteiger partial charge in [0.1, 0.15) is 28.2 Å². The summed E-state index contributed by atoms with van der Waals surface area (Å²) in [4.78, 5) is 53.1. The third-order valence-corrected chi connectivity index (χ3v) is 6.57. The van der Waals surface area contributed by atoms with Crippen LogP contribution in [-0.4, -0.2) is 62.5 Å². The molecule has 2 amide bonds. The first-order valence-corrected chi connectivity index (χ1v) is 10.9. The highest BCUT2D eigenvalue weighted by Gasteiger charge is 2.54. The van der Waals surface area contributed by atoms with Crippen LogP contribution in [0.4, 0.5) is 5.13 Å². The van der Waals surface area contributed by atoms with E-state index in [0.29, 0.717) is 5.57 Å². The average Bonchev–Trinajstić information content (AvgIpc) is 3.08. The Kier molecular flexibility index (Phi) is 6.60. The number of nitrogens with zero attached hydrogens (tertiary/aromatic N) is 2. The Bertz CT molecular complexity index is 1000. The molecule has 0 spiro atoms. The molecule has 1 aromatic rings. The van der Waals surface area contributed by atoms with Gasteiger partial charge in [-0.05, 0) is 0 Å². The molecule has 14 heteroatoms. The monoisotopic (exact) mass is 492 g/mol. The molecule has 1 fully saturated rings. The van der Waals surface area contributed by atoms with Crippen LogP contribution in [0.2, 0.25) is 0 Å². The van der Waals surface area contributed by atoms with Gasteiger partial charge in [0.2, 0.25) is 0 Å². The summed E-state index contributed by atoms with van der Waals surface area (Å²) in [6, 6.07) is -0.995. The number of esters is 1. The van der Waals surface area contributed by atoms with Crippen LogP contribution in [0.3, 0.4) is 0 Å². The Morgan fingerprint density at radius 2 is 2.13 bits per heavy atom. The van der Waals surface area contributed by atoms with Gasteiger partial charge >= 0.3 is 11.9 Å². The number of carbonyl (C=O) groups is 4. The number of carboxylic acids is 1. The molecule has 0 aliphatic carbocycles. The molecule has 4 N–H and O–H groups in total. The van der Waals surface area contributed by atoms with Gasteiger partial charge in [0.15, 0.2) is 5.13 Å². The number of carboxylic acid groups (broad SMARTS) is 1. The summed E-state index contributed by atoms with van der Waals surface area (Å²) in [5.41, 5.74) is 5.62. The first-order chi connectivity index (χ1) is 14.1. The molecule has 0 saturated carbocycles. The lowest BCUT2D eigenvalue weighted by atomic mass is 10.0. The second kappa shape index (κ2) is 8.84. The maximum absolute atomic E-state index is 12.7. The molecule has 2 aliphatic rings. The van der Waals surface area contributed by atoms with E-state index in [2.05, 4.69) is 10.3 Å². The van der Waals surface area contributed by atoms with Crippen LogP contribution < -0.4 is 11.1 Å². The largest absolute Gasteiger partial charge is 0.477 e. The summed E-state index contributed by atoms with van der Waals surface area (Å²) in [5.74, 6) is -3.06. The molecule has 1 saturated heterocycles. The fourth-order valence-corrected chi connectivity index (χ4v) is 5.14. The zero-order chi connectivity index (χ0) is 22.2. The zero-order valence-electron chi connectivity index (χ0n) is 15.2. The topological polar surface area (TPSA) is 152 Å². The number of rotatable bonds is 6. The minimum Gasteiger partial charge on any atom is -0.477 e. The van der Waals surface area contributed by atoms with Crippen molar-refractivity contribution in [2.75, 3.05) is 18.1 Å². The average molecular weight is 493 g/mol. The molecule has 0 bridgehead atoms. The van der Waals surface area contributed by atoms with Crippen LogP contribution >= 0.6 is 46.3 Å². The van der Waals surface area contributed by atoms with Crippen LogP contribution in [0.1, 0.15) is 12.6 Å². The molecule has 0 radical (unpaired) electrons. The number of ether oxygens (including phenoxy) is 1. The van der Waals surface area contributed by atoms with E-state index in [1.165, 1.54) is 24.1 Å². The lowest BCUT2D eigenvalue weighted by molar-refractivity contribution is -0.150. The highest BCUT2D eigenvalue weighted by Crippen LogP contribution is 2.40. The molecule has 2 atom stereocenters. The van der Waals surface area contributed by atoms with Gasteiger partial charge in [-0.25, -0.2) is 9.78 Å². The van der Waals surface area contributed by atoms with E-state index in [1.54, 1.807) is 0 Å². The van der Waals surface area contributed by atoms with Gasteiger partial charge in [0.25, 0.3) is 11.8 Å². The summed E-state index contributed by atoms with van der Waals surface area (Å²) < 4.78 is 4.52. The van der Waals surface area contributed by atoms with Gasteiger partial charge in [0, 0.05) is 23.6 Å². The number of fused-ring (bicyclic) bond motifs is 1. The smallest absolute Gasteiger partial charge is 0.352 e. The number of β-lactam (4-membered cyclic amide) rings is 1. The van der Waals surface area contributed by atoms with Crippen molar-refractivity contribution in [3.05, 3.63) is 26.8 Å². The lowest BCUT2D eigenvalue weighted by Gasteiger charge is -2.49. The summed E-state index contributed by atoms with van der Waals surface area (Å²) in [6.45, 7) is 0.959. The van der Waals surface area contributed by atoms with E-state index in [9.17, 15) is 24.3 Å². The Morgan fingerprint density at radius 3 is 2.67 bits per heavy atom. The van der Waals surface area contributed by atoms with Crippen molar-refractivity contribution in [2.24, 2.45) is 0 Å². The second-order valence-electron chi connectivity index (χ2n) is 6.10. The van der Waals surface area contributed by atoms with Crippen molar-refractivity contribution in [2.45, 2.75) is 18.3 Å². The molecule has 3 heterocycles. The molecule has 1 aromatic heterocycles. The summed E-state index contributed by atoms with van der Waals surface area (Å²) >= 11 is 14.0. The molecular formula is C16H14Cl2N4O6S2. The Balaban J connectivity index is 1.79. The lowest BCUT2D eigenvalue weighted by Crippen LogP contribution is -2.70. The van der Waals surface area contributed by atoms with E-state index in [0.717, 1.165) is 16.2 Å². The first-order valence-electron chi connectivity index (χ1n) is 8.22. The predicted octanol–water partition coefficient (Wildman–Crippen LogP) is 1.17. The molecular weight excluding hydrogens is 479 g/mol. The number of nitrogens with two attached hydrogens (primary N) is 1. The maximum atomic E-state index is 12.7. The first kappa shape index (κ1) is 22.4.